The van der Waals surface area contributed by atoms with Gasteiger partial charge in [-0.15, -0.1) is 0 Å². The summed E-state index contributed by atoms with van der Waals surface area (Å²) >= 11 is 6.37. The van der Waals surface area contributed by atoms with Gasteiger partial charge in [-0.1, -0.05) is 11.6 Å². The normalized spacial score (nSPS) is 17.0. The molecule has 0 aliphatic carbocycles. The zero-order valence-corrected chi connectivity index (χ0v) is 14.8. The maximum Gasteiger partial charge on any atom is 0.137 e. The molecule has 0 saturated carbocycles. The number of H-pyrrole nitrogens is 1. The number of hydrogen-bond donors (Lipinski definition) is 1. The molecule has 6 heteroatoms. The van der Waals surface area contributed by atoms with Gasteiger partial charge in [0.15, 0.2) is 0 Å². The fourth-order valence-corrected chi connectivity index (χ4v) is 4.03. The van der Waals surface area contributed by atoms with Gasteiger partial charge < -0.3 is 4.98 Å². The summed E-state index contributed by atoms with van der Waals surface area (Å²) in [6.45, 7) is 5.10. The summed E-state index contributed by atoms with van der Waals surface area (Å²) in [5, 5.41) is 6.44. The average molecular weight is 344 g/mol. The molecule has 0 atom stereocenters. The zero-order valence-electron chi connectivity index (χ0n) is 14.1. The Morgan fingerprint density at radius 2 is 2.12 bits per heavy atom. The van der Waals surface area contributed by atoms with E-state index in [2.05, 4.69) is 32.2 Å². The van der Waals surface area contributed by atoms with E-state index in [4.69, 9.17) is 11.6 Å². The van der Waals surface area contributed by atoms with E-state index < -0.39 is 0 Å². The van der Waals surface area contributed by atoms with Crippen LogP contribution in [0.3, 0.4) is 0 Å². The Bertz CT molecular complexity index is 858. The van der Waals surface area contributed by atoms with Crippen molar-refractivity contribution in [3.05, 3.63) is 46.5 Å². The minimum Gasteiger partial charge on any atom is -0.346 e. The first-order chi connectivity index (χ1) is 11.6. The second kappa shape index (κ2) is 6.22. The van der Waals surface area contributed by atoms with Crippen LogP contribution in [0.4, 0.5) is 0 Å². The molecule has 24 heavy (non-hydrogen) atoms. The van der Waals surface area contributed by atoms with Crippen LogP contribution in [-0.2, 0) is 13.6 Å². The number of piperidine rings is 1. The highest BCUT2D eigenvalue weighted by Gasteiger charge is 2.24. The number of rotatable bonds is 3. The van der Waals surface area contributed by atoms with Gasteiger partial charge in [-0.25, -0.2) is 4.98 Å². The molecule has 1 saturated heterocycles. The number of nitrogens with one attached hydrogen (secondary N) is 1. The molecule has 0 bridgehead atoms. The van der Waals surface area contributed by atoms with Gasteiger partial charge in [0, 0.05) is 36.9 Å². The lowest BCUT2D eigenvalue weighted by molar-refractivity contribution is 0.205. The number of aromatic amines is 1. The molecule has 126 valence electrons. The van der Waals surface area contributed by atoms with E-state index in [9.17, 15) is 0 Å². The largest absolute Gasteiger partial charge is 0.346 e. The number of halogens is 1. The monoisotopic (exact) mass is 343 g/mol. The quantitative estimate of drug-likeness (QED) is 0.790. The van der Waals surface area contributed by atoms with Crippen molar-refractivity contribution in [2.45, 2.75) is 32.2 Å². The van der Waals surface area contributed by atoms with Crippen molar-refractivity contribution >= 4 is 22.6 Å². The van der Waals surface area contributed by atoms with Crippen LogP contribution in [0.25, 0.3) is 11.0 Å². The Morgan fingerprint density at radius 1 is 1.33 bits per heavy atom. The Kier molecular flexibility index (Phi) is 4.06. The molecule has 0 amide bonds. The number of likely N-dealkylation sites (tertiary alicyclic amines) is 1. The van der Waals surface area contributed by atoms with E-state index in [0.29, 0.717) is 5.92 Å². The lowest BCUT2D eigenvalue weighted by Crippen LogP contribution is -2.32. The minimum absolute atomic E-state index is 0.602. The van der Waals surface area contributed by atoms with Gasteiger partial charge in [0.2, 0.25) is 0 Å². The van der Waals surface area contributed by atoms with Crippen LogP contribution in [0.2, 0.25) is 5.15 Å². The van der Waals surface area contributed by atoms with Crippen molar-refractivity contribution in [2.75, 3.05) is 13.1 Å². The molecule has 3 aromatic rings. The third-order valence-electron chi connectivity index (χ3n) is 5.16. The van der Waals surface area contributed by atoms with Gasteiger partial charge >= 0.3 is 0 Å². The Hall–Kier alpha value is -1.85. The molecule has 1 aliphatic rings. The molecule has 0 unspecified atom stereocenters. The fraction of sp³-hybridized carbons (Fsp3) is 0.444. The van der Waals surface area contributed by atoms with E-state index >= 15 is 0 Å². The summed E-state index contributed by atoms with van der Waals surface area (Å²) in [5.41, 5.74) is 4.60. The molecule has 4 heterocycles. The van der Waals surface area contributed by atoms with Crippen molar-refractivity contribution in [3.8, 4) is 0 Å². The summed E-state index contributed by atoms with van der Waals surface area (Å²) in [4.78, 5) is 10.2. The van der Waals surface area contributed by atoms with Gasteiger partial charge in [0.25, 0.3) is 0 Å². The molecule has 5 nitrogen and oxygen atoms in total. The van der Waals surface area contributed by atoms with Crippen molar-refractivity contribution < 1.29 is 0 Å². The second-order valence-corrected chi connectivity index (χ2v) is 7.03. The number of nitrogens with zero attached hydrogens (tertiary/aromatic N) is 4. The van der Waals surface area contributed by atoms with Gasteiger partial charge in [0.1, 0.15) is 10.8 Å². The van der Waals surface area contributed by atoms with Crippen LogP contribution in [0.1, 0.15) is 35.6 Å². The SMILES string of the molecule is Cc1nn(C)c(Cl)c1CN1CCC(c2c[nH]c3ncccc23)CC1. The standard InChI is InChI=1S/C18H22ClN5/c1-12-16(17(19)23(2)22-12)11-24-8-5-13(6-9-24)15-10-21-18-14(15)4-3-7-20-18/h3-4,7,10,13H,5-6,8-9,11H2,1-2H3,(H,20,21). The first-order valence-electron chi connectivity index (χ1n) is 8.46. The second-order valence-electron chi connectivity index (χ2n) is 6.67. The molecule has 1 aliphatic heterocycles. The molecule has 3 aromatic heterocycles. The lowest BCUT2D eigenvalue weighted by atomic mass is 9.89. The van der Waals surface area contributed by atoms with Crippen LogP contribution in [0.5, 0.6) is 0 Å². The number of fused-ring (bicyclic) bond motifs is 1. The summed E-state index contributed by atoms with van der Waals surface area (Å²) < 4.78 is 1.76. The maximum atomic E-state index is 6.37. The van der Waals surface area contributed by atoms with Crippen LogP contribution < -0.4 is 0 Å². The van der Waals surface area contributed by atoms with E-state index in [0.717, 1.165) is 41.7 Å². The highest BCUT2D eigenvalue weighted by Crippen LogP contribution is 2.33. The van der Waals surface area contributed by atoms with Crippen LogP contribution in [0, 0.1) is 6.92 Å². The first kappa shape index (κ1) is 15.7. The molecule has 0 radical (unpaired) electrons. The molecule has 4 rings (SSSR count). The smallest absolute Gasteiger partial charge is 0.137 e. The van der Waals surface area contributed by atoms with Gasteiger partial charge in [0.05, 0.1) is 5.69 Å². The molecule has 1 fully saturated rings. The Morgan fingerprint density at radius 3 is 2.83 bits per heavy atom. The third-order valence-corrected chi connectivity index (χ3v) is 5.63. The predicted molar refractivity (Wildman–Crippen MR) is 96.3 cm³/mol. The van der Waals surface area contributed by atoms with Crippen molar-refractivity contribution in [3.63, 3.8) is 0 Å². The van der Waals surface area contributed by atoms with Crippen molar-refractivity contribution in [1.82, 2.24) is 24.6 Å². The molecular weight excluding hydrogens is 322 g/mol. The molecule has 1 N–H and O–H groups in total. The topological polar surface area (TPSA) is 49.7 Å². The summed E-state index contributed by atoms with van der Waals surface area (Å²) in [6.07, 6.45) is 6.31. The average Bonchev–Trinajstić information content (AvgIpc) is 3.12. The summed E-state index contributed by atoms with van der Waals surface area (Å²) in [7, 11) is 1.90. The van der Waals surface area contributed by atoms with Crippen LogP contribution in [0.15, 0.2) is 24.5 Å². The van der Waals surface area contributed by atoms with Crippen molar-refractivity contribution in [2.24, 2.45) is 7.05 Å². The van der Waals surface area contributed by atoms with Gasteiger partial charge in [-0.05, 0) is 56.5 Å². The van der Waals surface area contributed by atoms with E-state index in [-0.39, 0.29) is 0 Å². The Labute approximate surface area is 146 Å². The maximum absolute atomic E-state index is 6.37. The number of pyridine rings is 1. The number of aryl methyl sites for hydroxylation is 2. The highest BCUT2D eigenvalue weighted by atomic mass is 35.5. The van der Waals surface area contributed by atoms with Gasteiger partial charge in [-0.3, -0.25) is 9.58 Å². The van der Waals surface area contributed by atoms with E-state index in [1.807, 2.05) is 26.2 Å². The highest BCUT2D eigenvalue weighted by molar-refractivity contribution is 6.30. The minimum atomic E-state index is 0.602. The fourth-order valence-electron chi connectivity index (χ4n) is 3.79. The lowest BCUT2D eigenvalue weighted by Gasteiger charge is -2.31. The predicted octanol–water partition coefficient (Wildman–Crippen LogP) is 3.64. The van der Waals surface area contributed by atoms with Gasteiger partial charge in [-0.2, -0.15) is 5.10 Å². The number of aromatic nitrogens is 4. The van der Waals surface area contributed by atoms with Crippen LogP contribution >= 0.6 is 11.6 Å². The number of hydrogen-bond acceptors (Lipinski definition) is 3. The van der Waals surface area contributed by atoms with E-state index in [1.165, 1.54) is 23.8 Å². The molecular formula is C18H22ClN5. The first-order valence-corrected chi connectivity index (χ1v) is 8.83. The molecule has 0 aromatic carbocycles. The zero-order chi connectivity index (χ0) is 16.7. The molecule has 0 spiro atoms. The van der Waals surface area contributed by atoms with Crippen LogP contribution in [-0.4, -0.2) is 37.7 Å². The van der Waals surface area contributed by atoms with E-state index in [1.54, 1.807) is 4.68 Å². The Balaban J connectivity index is 1.45. The van der Waals surface area contributed by atoms with Crippen molar-refractivity contribution in [1.29, 1.82) is 0 Å². The summed E-state index contributed by atoms with van der Waals surface area (Å²) in [6, 6.07) is 4.18. The summed E-state index contributed by atoms with van der Waals surface area (Å²) in [5.74, 6) is 0.602. The third kappa shape index (κ3) is 2.72.